The quantitative estimate of drug-likeness (QED) is 0.927. The van der Waals surface area contributed by atoms with Crippen molar-refractivity contribution in [3.8, 4) is 0 Å². The number of carbonyl (C=O) groups is 1. The highest BCUT2D eigenvalue weighted by molar-refractivity contribution is 5.82. The first-order valence-electron chi connectivity index (χ1n) is 8.19. The Morgan fingerprint density at radius 2 is 2.14 bits per heavy atom. The molecule has 0 spiro atoms. The van der Waals surface area contributed by atoms with Crippen molar-refractivity contribution in [2.45, 2.75) is 44.2 Å². The minimum absolute atomic E-state index is 0.0536. The van der Waals surface area contributed by atoms with Gasteiger partial charge in [-0.25, -0.2) is 4.98 Å². The number of aromatic nitrogens is 2. The molecule has 5 heteroatoms. The van der Waals surface area contributed by atoms with Crippen LogP contribution in [0.4, 0.5) is 0 Å². The van der Waals surface area contributed by atoms with Crippen LogP contribution in [0.2, 0.25) is 0 Å². The molecular formula is C17H21N3O2. The zero-order chi connectivity index (χ0) is 14.9. The van der Waals surface area contributed by atoms with Gasteiger partial charge in [0.25, 0.3) is 5.91 Å². The Hall–Kier alpha value is -1.88. The van der Waals surface area contributed by atoms with Gasteiger partial charge in [0.15, 0.2) is 0 Å². The van der Waals surface area contributed by atoms with Gasteiger partial charge < -0.3 is 14.6 Å². The molecule has 2 unspecified atom stereocenters. The Kier molecular flexibility index (Phi) is 3.58. The topological polar surface area (TPSA) is 58.2 Å². The Morgan fingerprint density at radius 3 is 2.95 bits per heavy atom. The third-order valence-electron chi connectivity index (χ3n) is 4.71. The number of hydrogen-bond donors (Lipinski definition) is 1. The molecule has 2 aliphatic rings. The number of rotatable bonds is 2. The van der Waals surface area contributed by atoms with Crippen LogP contribution in [0.3, 0.4) is 0 Å². The van der Waals surface area contributed by atoms with E-state index in [2.05, 4.69) is 4.98 Å². The SMILES string of the molecule is O=C(C1CCCO1)N1CCCCC1c1nc2ccccc2[nH]1. The summed E-state index contributed by atoms with van der Waals surface area (Å²) >= 11 is 0. The zero-order valence-electron chi connectivity index (χ0n) is 12.6. The number of aromatic amines is 1. The number of carbonyl (C=O) groups excluding carboxylic acids is 1. The molecule has 5 nitrogen and oxygen atoms in total. The maximum Gasteiger partial charge on any atom is 0.252 e. The summed E-state index contributed by atoms with van der Waals surface area (Å²) in [5.74, 6) is 1.05. The van der Waals surface area contributed by atoms with Crippen molar-refractivity contribution in [1.29, 1.82) is 0 Å². The van der Waals surface area contributed by atoms with Gasteiger partial charge in [-0.1, -0.05) is 12.1 Å². The summed E-state index contributed by atoms with van der Waals surface area (Å²) in [4.78, 5) is 22.8. The summed E-state index contributed by atoms with van der Waals surface area (Å²) in [7, 11) is 0. The average Bonchev–Trinajstić information content (AvgIpc) is 3.23. The molecular weight excluding hydrogens is 278 g/mol. The van der Waals surface area contributed by atoms with E-state index < -0.39 is 0 Å². The van der Waals surface area contributed by atoms with E-state index >= 15 is 0 Å². The summed E-state index contributed by atoms with van der Waals surface area (Å²) in [6.07, 6.45) is 4.76. The number of hydrogen-bond acceptors (Lipinski definition) is 3. The normalized spacial score (nSPS) is 25.7. The van der Waals surface area contributed by atoms with Gasteiger partial charge in [-0.15, -0.1) is 0 Å². The Bertz CT molecular complexity index is 642. The number of piperidine rings is 1. The summed E-state index contributed by atoms with van der Waals surface area (Å²) in [5, 5.41) is 0. The van der Waals surface area contributed by atoms with Crippen LogP contribution >= 0.6 is 0 Å². The number of nitrogens with one attached hydrogen (secondary N) is 1. The molecule has 0 bridgehead atoms. The summed E-state index contributed by atoms with van der Waals surface area (Å²) in [5.41, 5.74) is 2.00. The smallest absolute Gasteiger partial charge is 0.252 e. The number of benzene rings is 1. The van der Waals surface area contributed by atoms with E-state index in [0.29, 0.717) is 6.61 Å². The molecule has 4 rings (SSSR count). The second-order valence-electron chi connectivity index (χ2n) is 6.18. The lowest BCUT2D eigenvalue weighted by atomic mass is 10.0. The lowest BCUT2D eigenvalue weighted by Gasteiger charge is -2.35. The van der Waals surface area contributed by atoms with Crippen LogP contribution in [0.1, 0.15) is 44.0 Å². The van der Waals surface area contributed by atoms with Gasteiger partial charge in [0.1, 0.15) is 11.9 Å². The molecule has 1 N–H and O–H groups in total. The van der Waals surface area contributed by atoms with E-state index in [0.717, 1.165) is 55.5 Å². The van der Waals surface area contributed by atoms with Gasteiger partial charge in [-0.3, -0.25) is 4.79 Å². The van der Waals surface area contributed by atoms with Crippen molar-refractivity contribution < 1.29 is 9.53 Å². The van der Waals surface area contributed by atoms with Crippen LogP contribution in [0, 0.1) is 0 Å². The Labute approximate surface area is 129 Å². The maximum atomic E-state index is 12.8. The number of para-hydroxylation sites is 2. The van der Waals surface area contributed by atoms with Crippen molar-refractivity contribution in [1.82, 2.24) is 14.9 Å². The highest BCUT2D eigenvalue weighted by atomic mass is 16.5. The van der Waals surface area contributed by atoms with Crippen LogP contribution in [-0.4, -0.2) is 40.0 Å². The minimum atomic E-state index is -0.245. The summed E-state index contributed by atoms with van der Waals surface area (Å²) < 4.78 is 5.59. The van der Waals surface area contributed by atoms with Gasteiger partial charge in [0.05, 0.1) is 17.1 Å². The predicted octanol–water partition coefficient (Wildman–Crippen LogP) is 2.80. The van der Waals surface area contributed by atoms with E-state index in [1.165, 1.54) is 0 Å². The number of ether oxygens (including phenoxy) is 1. The molecule has 2 aromatic rings. The molecule has 2 atom stereocenters. The third kappa shape index (κ3) is 2.39. The number of H-pyrrole nitrogens is 1. The van der Waals surface area contributed by atoms with Gasteiger partial charge in [0, 0.05) is 13.2 Å². The maximum absolute atomic E-state index is 12.8. The second kappa shape index (κ2) is 5.72. The number of amides is 1. The second-order valence-corrected chi connectivity index (χ2v) is 6.18. The Balaban J connectivity index is 1.63. The largest absolute Gasteiger partial charge is 0.368 e. The molecule has 0 aliphatic carbocycles. The van der Waals surface area contributed by atoms with Gasteiger partial charge in [-0.2, -0.15) is 0 Å². The molecule has 1 amide bonds. The zero-order valence-corrected chi connectivity index (χ0v) is 12.6. The molecule has 1 aromatic carbocycles. The number of likely N-dealkylation sites (tertiary alicyclic amines) is 1. The molecule has 1 aromatic heterocycles. The number of nitrogens with zero attached hydrogens (tertiary/aromatic N) is 2. The average molecular weight is 299 g/mol. The van der Waals surface area contributed by atoms with Crippen molar-refractivity contribution in [3.05, 3.63) is 30.1 Å². The molecule has 0 saturated carbocycles. The van der Waals surface area contributed by atoms with Crippen LogP contribution in [0.25, 0.3) is 11.0 Å². The predicted molar refractivity (Wildman–Crippen MR) is 83.4 cm³/mol. The van der Waals surface area contributed by atoms with Gasteiger partial charge >= 0.3 is 0 Å². The van der Waals surface area contributed by atoms with Crippen molar-refractivity contribution in [3.63, 3.8) is 0 Å². The van der Waals surface area contributed by atoms with Crippen LogP contribution in [-0.2, 0) is 9.53 Å². The molecule has 3 heterocycles. The standard InChI is InChI=1S/C17H21N3O2/c21-17(15-9-5-11-22-15)20-10-4-3-8-14(20)16-18-12-6-1-2-7-13(12)19-16/h1-2,6-7,14-15H,3-5,8-11H2,(H,18,19). The lowest BCUT2D eigenvalue weighted by molar-refractivity contribution is -0.145. The van der Waals surface area contributed by atoms with Crippen molar-refractivity contribution in [2.24, 2.45) is 0 Å². The molecule has 2 fully saturated rings. The monoisotopic (exact) mass is 299 g/mol. The van der Waals surface area contributed by atoms with Crippen LogP contribution in [0.15, 0.2) is 24.3 Å². The fraction of sp³-hybridized carbons (Fsp3) is 0.529. The molecule has 22 heavy (non-hydrogen) atoms. The Morgan fingerprint density at radius 1 is 1.23 bits per heavy atom. The van der Waals surface area contributed by atoms with E-state index in [9.17, 15) is 4.79 Å². The van der Waals surface area contributed by atoms with Crippen molar-refractivity contribution in [2.75, 3.05) is 13.2 Å². The van der Waals surface area contributed by atoms with E-state index in [1.54, 1.807) is 0 Å². The van der Waals surface area contributed by atoms with E-state index in [1.807, 2.05) is 29.2 Å². The molecule has 2 aliphatic heterocycles. The molecule has 116 valence electrons. The van der Waals surface area contributed by atoms with Crippen molar-refractivity contribution >= 4 is 16.9 Å². The van der Waals surface area contributed by atoms with E-state index in [4.69, 9.17) is 9.72 Å². The van der Waals surface area contributed by atoms with Gasteiger partial charge in [0.2, 0.25) is 0 Å². The highest BCUT2D eigenvalue weighted by Crippen LogP contribution is 2.32. The summed E-state index contributed by atoms with van der Waals surface area (Å²) in [6.45, 7) is 1.51. The highest BCUT2D eigenvalue weighted by Gasteiger charge is 2.35. The summed E-state index contributed by atoms with van der Waals surface area (Å²) in [6, 6.07) is 8.08. The number of fused-ring (bicyclic) bond motifs is 1. The van der Waals surface area contributed by atoms with Gasteiger partial charge in [-0.05, 0) is 44.2 Å². The fourth-order valence-corrected chi connectivity index (χ4v) is 3.57. The van der Waals surface area contributed by atoms with Crippen LogP contribution in [0.5, 0.6) is 0 Å². The van der Waals surface area contributed by atoms with E-state index in [-0.39, 0.29) is 18.1 Å². The molecule has 0 radical (unpaired) electrons. The first-order valence-corrected chi connectivity index (χ1v) is 8.19. The fourth-order valence-electron chi connectivity index (χ4n) is 3.57. The third-order valence-corrected chi connectivity index (χ3v) is 4.71. The minimum Gasteiger partial charge on any atom is -0.368 e. The number of imidazole rings is 1. The first-order chi connectivity index (χ1) is 10.8. The first kappa shape index (κ1) is 13.8. The lowest BCUT2D eigenvalue weighted by Crippen LogP contribution is -2.44. The molecule has 2 saturated heterocycles. The van der Waals surface area contributed by atoms with Crippen LogP contribution < -0.4 is 0 Å².